The van der Waals surface area contributed by atoms with Gasteiger partial charge in [-0.05, 0) is 18.6 Å². The molecule has 4 heteroatoms. The van der Waals surface area contributed by atoms with Crippen molar-refractivity contribution in [2.75, 3.05) is 12.3 Å². The van der Waals surface area contributed by atoms with Crippen molar-refractivity contribution in [3.8, 4) is 0 Å². The van der Waals surface area contributed by atoms with Crippen LogP contribution in [0.15, 0.2) is 30.6 Å². The monoisotopic (exact) mass is 215 g/mol. The van der Waals surface area contributed by atoms with Gasteiger partial charge in [0, 0.05) is 30.3 Å². The summed E-state index contributed by atoms with van der Waals surface area (Å²) >= 11 is 0. The lowest BCUT2D eigenvalue weighted by Gasteiger charge is -2.04. The Morgan fingerprint density at radius 2 is 2.06 bits per heavy atom. The van der Waals surface area contributed by atoms with E-state index in [1.807, 2.05) is 24.3 Å². The standard InChI is InChI=1S/C12H13N3O/c13-10-4-5-11-12(15-7-6-14-11)9(10)3-1-2-8-16/h1,3-7,16H,2,8,13H2. The van der Waals surface area contributed by atoms with E-state index in [4.69, 9.17) is 10.8 Å². The molecule has 0 bridgehead atoms. The van der Waals surface area contributed by atoms with Crippen molar-refractivity contribution in [3.05, 3.63) is 36.2 Å². The van der Waals surface area contributed by atoms with Crippen LogP contribution in [0.5, 0.6) is 0 Å². The minimum Gasteiger partial charge on any atom is -0.398 e. The van der Waals surface area contributed by atoms with Gasteiger partial charge in [-0.25, -0.2) is 0 Å². The summed E-state index contributed by atoms with van der Waals surface area (Å²) < 4.78 is 0. The Labute approximate surface area is 93.5 Å². The van der Waals surface area contributed by atoms with E-state index < -0.39 is 0 Å². The summed E-state index contributed by atoms with van der Waals surface area (Å²) in [6.45, 7) is 0.132. The molecule has 2 aromatic rings. The van der Waals surface area contributed by atoms with Crippen molar-refractivity contribution in [1.29, 1.82) is 0 Å². The van der Waals surface area contributed by atoms with Crippen molar-refractivity contribution in [1.82, 2.24) is 9.97 Å². The Morgan fingerprint density at radius 1 is 1.25 bits per heavy atom. The predicted octanol–water partition coefficient (Wildman–Crippen LogP) is 1.61. The van der Waals surface area contributed by atoms with Crippen molar-refractivity contribution in [2.24, 2.45) is 0 Å². The number of aliphatic hydroxyl groups is 1. The van der Waals surface area contributed by atoms with E-state index >= 15 is 0 Å². The maximum Gasteiger partial charge on any atom is 0.0979 e. The molecule has 1 heterocycles. The zero-order chi connectivity index (χ0) is 11.4. The molecular formula is C12H13N3O. The van der Waals surface area contributed by atoms with Gasteiger partial charge >= 0.3 is 0 Å². The number of hydrogen-bond donors (Lipinski definition) is 2. The van der Waals surface area contributed by atoms with Gasteiger partial charge in [0.05, 0.1) is 11.0 Å². The fraction of sp³-hybridized carbons (Fsp3) is 0.167. The molecule has 0 unspecified atom stereocenters. The minimum atomic E-state index is 0.132. The summed E-state index contributed by atoms with van der Waals surface area (Å²) in [7, 11) is 0. The third-order valence-corrected chi connectivity index (χ3v) is 2.29. The van der Waals surface area contributed by atoms with Gasteiger partial charge in [0.25, 0.3) is 0 Å². The van der Waals surface area contributed by atoms with Crippen molar-refractivity contribution in [2.45, 2.75) is 6.42 Å². The number of aliphatic hydroxyl groups excluding tert-OH is 1. The highest BCUT2D eigenvalue weighted by atomic mass is 16.2. The van der Waals surface area contributed by atoms with Crippen LogP contribution < -0.4 is 5.73 Å². The molecule has 0 aliphatic rings. The molecule has 0 saturated heterocycles. The first kappa shape index (κ1) is 10.6. The summed E-state index contributed by atoms with van der Waals surface area (Å²) in [4.78, 5) is 8.47. The highest BCUT2D eigenvalue weighted by molar-refractivity contribution is 5.89. The van der Waals surface area contributed by atoms with E-state index in [1.165, 1.54) is 0 Å². The average molecular weight is 215 g/mol. The first-order chi connectivity index (χ1) is 7.83. The molecule has 0 aliphatic carbocycles. The van der Waals surface area contributed by atoms with E-state index in [0.29, 0.717) is 12.1 Å². The van der Waals surface area contributed by atoms with E-state index in [-0.39, 0.29) is 6.61 Å². The molecule has 1 aromatic carbocycles. The van der Waals surface area contributed by atoms with Gasteiger partial charge in [0.1, 0.15) is 0 Å². The largest absolute Gasteiger partial charge is 0.398 e. The van der Waals surface area contributed by atoms with Crippen molar-refractivity contribution >= 4 is 22.8 Å². The second-order valence-corrected chi connectivity index (χ2v) is 3.41. The molecule has 16 heavy (non-hydrogen) atoms. The number of rotatable bonds is 3. The van der Waals surface area contributed by atoms with Crippen LogP contribution in [0.2, 0.25) is 0 Å². The quantitative estimate of drug-likeness (QED) is 0.763. The molecule has 0 atom stereocenters. The molecule has 3 N–H and O–H groups in total. The van der Waals surface area contributed by atoms with Crippen molar-refractivity contribution < 1.29 is 5.11 Å². The van der Waals surface area contributed by atoms with E-state index in [2.05, 4.69) is 9.97 Å². The van der Waals surface area contributed by atoms with E-state index in [9.17, 15) is 0 Å². The summed E-state index contributed by atoms with van der Waals surface area (Å²) in [5.74, 6) is 0. The van der Waals surface area contributed by atoms with Gasteiger partial charge in [0.15, 0.2) is 0 Å². The van der Waals surface area contributed by atoms with Gasteiger partial charge in [-0.2, -0.15) is 0 Å². The molecule has 0 radical (unpaired) electrons. The number of nitrogen functional groups attached to an aromatic ring is 1. The number of fused-ring (bicyclic) bond motifs is 1. The third kappa shape index (κ3) is 2.01. The fourth-order valence-electron chi connectivity index (χ4n) is 1.52. The van der Waals surface area contributed by atoms with E-state index in [1.54, 1.807) is 12.4 Å². The number of anilines is 1. The Hall–Kier alpha value is -1.94. The highest BCUT2D eigenvalue weighted by Crippen LogP contribution is 2.22. The minimum absolute atomic E-state index is 0.132. The summed E-state index contributed by atoms with van der Waals surface area (Å²) in [5, 5.41) is 8.72. The van der Waals surface area contributed by atoms with Crippen molar-refractivity contribution in [3.63, 3.8) is 0 Å². The molecule has 2 rings (SSSR count). The van der Waals surface area contributed by atoms with Crippen LogP contribution in [0.1, 0.15) is 12.0 Å². The Morgan fingerprint density at radius 3 is 2.88 bits per heavy atom. The maximum atomic E-state index is 8.72. The zero-order valence-corrected chi connectivity index (χ0v) is 8.80. The summed E-state index contributed by atoms with van der Waals surface area (Å²) in [6, 6.07) is 3.66. The lowest BCUT2D eigenvalue weighted by molar-refractivity contribution is 0.303. The van der Waals surface area contributed by atoms with Crippen LogP contribution >= 0.6 is 0 Å². The third-order valence-electron chi connectivity index (χ3n) is 2.29. The molecule has 0 amide bonds. The first-order valence-electron chi connectivity index (χ1n) is 5.09. The Kier molecular flexibility index (Phi) is 3.12. The number of aromatic nitrogens is 2. The average Bonchev–Trinajstić information content (AvgIpc) is 2.32. The fourth-order valence-corrected chi connectivity index (χ4v) is 1.52. The second-order valence-electron chi connectivity index (χ2n) is 3.41. The van der Waals surface area contributed by atoms with Crippen LogP contribution in [0, 0.1) is 0 Å². The molecule has 0 saturated carbocycles. The lowest BCUT2D eigenvalue weighted by atomic mass is 10.1. The summed E-state index contributed by atoms with van der Waals surface area (Å²) in [5.41, 5.74) is 9.02. The number of nitrogens with zero attached hydrogens (tertiary/aromatic N) is 2. The second kappa shape index (κ2) is 4.72. The highest BCUT2D eigenvalue weighted by Gasteiger charge is 2.03. The van der Waals surface area contributed by atoms with Crippen LogP contribution in [-0.4, -0.2) is 21.7 Å². The van der Waals surface area contributed by atoms with Crippen LogP contribution in [0.25, 0.3) is 17.1 Å². The van der Waals surface area contributed by atoms with Gasteiger partial charge in [-0.15, -0.1) is 0 Å². The number of benzene rings is 1. The predicted molar refractivity (Wildman–Crippen MR) is 64.7 cm³/mol. The van der Waals surface area contributed by atoms with E-state index in [0.717, 1.165) is 16.6 Å². The SMILES string of the molecule is Nc1ccc2nccnc2c1C=CCCO. The number of nitrogens with two attached hydrogens (primary N) is 1. The smallest absolute Gasteiger partial charge is 0.0979 e. The number of hydrogen-bond acceptors (Lipinski definition) is 4. The lowest BCUT2D eigenvalue weighted by Crippen LogP contribution is -1.93. The summed E-state index contributed by atoms with van der Waals surface area (Å²) in [6.07, 6.45) is 7.66. The molecule has 0 aliphatic heterocycles. The van der Waals surface area contributed by atoms with Gasteiger partial charge in [-0.1, -0.05) is 12.2 Å². The van der Waals surface area contributed by atoms with Gasteiger partial charge in [0.2, 0.25) is 0 Å². The normalized spacial score (nSPS) is 11.3. The van der Waals surface area contributed by atoms with Gasteiger partial charge in [-0.3, -0.25) is 9.97 Å². The first-order valence-corrected chi connectivity index (χ1v) is 5.09. The molecule has 0 spiro atoms. The molecule has 1 aromatic heterocycles. The van der Waals surface area contributed by atoms with Gasteiger partial charge < -0.3 is 10.8 Å². The topological polar surface area (TPSA) is 72.0 Å². The Bertz CT molecular complexity index is 523. The maximum absolute atomic E-state index is 8.72. The molecular weight excluding hydrogens is 202 g/mol. The molecule has 0 fully saturated rings. The van der Waals surface area contributed by atoms with Crippen LogP contribution in [0.4, 0.5) is 5.69 Å². The Balaban J connectivity index is 2.52. The zero-order valence-electron chi connectivity index (χ0n) is 8.80. The van der Waals surface area contributed by atoms with Crippen LogP contribution in [0.3, 0.4) is 0 Å². The van der Waals surface area contributed by atoms with Crippen LogP contribution in [-0.2, 0) is 0 Å². The molecule has 4 nitrogen and oxygen atoms in total. The molecule has 82 valence electrons.